The zero-order valence-electron chi connectivity index (χ0n) is 14.0. The lowest BCUT2D eigenvalue weighted by Crippen LogP contribution is -2.22. The molecule has 0 saturated heterocycles. The van der Waals surface area contributed by atoms with Crippen LogP contribution < -0.4 is 10.3 Å². The molecule has 0 radical (unpaired) electrons. The predicted molar refractivity (Wildman–Crippen MR) is 107 cm³/mol. The Balaban J connectivity index is 1.83. The topological polar surface area (TPSA) is 44.1 Å². The number of hydrogen-bond acceptors (Lipinski definition) is 4. The fraction of sp³-hybridized carbons (Fsp3) is 0.263. The number of methoxy groups -OCH3 is 1. The fourth-order valence-electron chi connectivity index (χ4n) is 2.81. The van der Waals surface area contributed by atoms with Gasteiger partial charge in [0.25, 0.3) is 5.56 Å². The van der Waals surface area contributed by atoms with Crippen LogP contribution in [-0.4, -0.2) is 26.7 Å². The van der Waals surface area contributed by atoms with E-state index < -0.39 is 4.33 Å². The van der Waals surface area contributed by atoms with Crippen molar-refractivity contribution < 1.29 is 4.74 Å². The van der Waals surface area contributed by atoms with E-state index in [4.69, 9.17) is 32.9 Å². The van der Waals surface area contributed by atoms with Crippen molar-refractivity contribution in [1.29, 1.82) is 0 Å². The summed E-state index contributed by atoms with van der Waals surface area (Å²) in [5.41, 5.74) is 1.29. The third-order valence-electron chi connectivity index (χ3n) is 4.43. The maximum Gasteiger partial charge on any atom is 0.266 e. The van der Waals surface area contributed by atoms with Crippen molar-refractivity contribution in [2.45, 2.75) is 15.9 Å². The number of ether oxygens (including phenoxy) is 1. The third kappa shape index (κ3) is 3.31. The van der Waals surface area contributed by atoms with Gasteiger partial charge >= 0.3 is 0 Å². The Labute approximate surface area is 165 Å². The van der Waals surface area contributed by atoms with Gasteiger partial charge in [0.05, 0.1) is 23.7 Å². The standard InChI is InChI=1S/C19H16Cl2N2O2S/c1-25-14-6-4-5-13(9-14)23-17(24)15-7-2-3-8-16(15)22-18(23)26-11-12-10-19(12,20)21/h2-9,12H,10-11H2,1H3/t12-/m0/s1. The molecule has 3 aromatic rings. The number of rotatable bonds is 5. The van der Waals surface area contributed by atoms with E-state index in [9.17, 15) is 4.79 Å². The highest BCUT2D eigenvalue weighted by Gasteiger charge is 2.51. The zero-order valence-corrected chi connectivity index (χ0v) is 16.3. The first kappa shape index (κ1) is 17.7. The Morgan fingerprint density at radius 1 is 1.27 bits per heavy atom. The molecule has 0 bridgehead atoms. The summed E-state index contributed by atoms with van der Waals surface area (Å²) in [5, 5.41) is 1.20. The summed E-state index contributed by atoms with van der Waals surface area (Å²) in [7, 11) is 1.60. The average Bonchev–Trinajstić information content (AvgIpc) is 3.27. The number of aromatic nitrogens is 2. The second-order valence-corrected chi connectivity index (χ2v) is 8.76. The quantitative estimate of drug-likeness (QED) is 0.350. The van der Waals surface area contributed by atoms with Gasteiger partial charge in [-0.05, 0) is 30.7 Å². The Hall–Kier alpha value is -1.69. The van der Waals surface area contributed by atoms with E-state index in [2.05, 4.69) is 0 Å². The summed E-state index contributed by atoms with van der Waals surface area (Å²) in [4.78, 5) is 17.9. The van der Waals surface area contributed by atoms with Crippen molar-refractivity contribution in [1.82, 2.24) is 9.55 Å². The van der Waals surface area contributed by atoms with Crippen LogP contribution in [0.25, 0.3) is 16.6 Å². The molecule has 0 amide bonds. The number of thioether (sulfide) groups is 1. The molecule has 26 heavy (non-hydrogen) atoms. The lowest BCUT2D eigenvalue weighted by Gasteiger charge is -2.14. The highest BCUT2D eigenvalue weighted by atomic mass is 35.5. The Morgan fingerprint density at radius 3 is 2.77 bits per heavy atom. The van der Waals surface area contributed by atoms with Gasteiger partial charge in [0.1, 0.15) is 10.1 Å². The summed E-state index contributed by atoms with van der Waals surface area (Å²) in [6.07, 6.45) is 0.764. The van der Waals surface area contributed by atoms with Crippen molar-refractivity contribution >= 4 is 45.9 Å². The van der Waals surface area contributed by atoms with Gasteiger partial charge in [-0.1, -0.05) is 30.0 Å². The van der Waals surface area contributed by atoms with Crippen LogP contribution in [0.2, 0.25) is 0 Å². The molecule has 1 aromatic heterocycles. The van der Waals surface area contributed by atoms with Crippen LogP contribution in [0.15, 0.2) is 58.5 Å². The summed E-state index contributed by atoms with van der Waals surface area (Å²) >= 11 is 13.8. The van der Waals surface area contributed by atoms with E-state index in [0.29, 0.717) is 33.2 Å². The molecule has 1 fully saturated rings. The van der Waals surface area contributed by atoms with E-state index in [0.717, 1.165) is 6.42 Å². The zero-order chi connectivity index (χ0) is 18.3. The van der Waals surface area contributed by atoms with Crippen LogP contribution in [0.3, 0.4) is 0 Å². The second-order valence-electron chi connectivity index (χ2n) is 6.23. The van der Waals surface area contributed by atoms with E-state index >= 15 is 0 Å². The maximum absolute atomic E-state index is 13.2. The molecule has 134 valence electrons. The van der Waals surface area contributed by atoms with E-state index in [1.54, 1.807) is 17.7 Å². The lowest BCUT2D eigenvalue weighted by atomic mass is 10.2. The van der Waals surface area contributed by atoms with Crippen LogP contribution in [0, 0.1) is 5.92 Å². The lowest BCUT2D eigenvalue weighted by molar-refractivity contribution is 0.414. The molecule has 0 spiro atoms. The van der Waals surface area contributed by atoms with Gasteiger partial charge in [-0.3, -0.25) is 9.36 Å². The van der Waals surface area contributed by atoms with Crippen LogP contribution in [0.4, 0.5) is 0 Å². The second kappa shape index (κ2) is 6.80. The van der Waals surface area contributed by atoms with Crippen molar-refractivity contribution in [3.63, 3.8) is 0 Å². The monoisotopic (exact) mass is 406 g/mol. The van der Waals surface area contributed by atoms with Crippen LogP contribution in [-0.2, 0) is 0 Å². The SMILES string of the molecule is COc1cccc(-n2c(SC[C@@H]3CC3(Cl)Cl)nc3ccccc3c2=O)c1. The van der Waals surface area contributed by atoms with Gasteiger partial charge in [-0.15, -0.1) is 23.2 Å². The number of halogens is 2. The third-order valence-corrected chi connectivity index (χ3v) is 6.45. The van der Waals surface area contributed by atoms with Gasteiger partial charge in [-0.2, -0.15) is 0 Å². The molecule has 1 saturated carbocycles. The molecule has 2 aromatic carbocycles. The largest absolute Gasteiger partial charge is 0.497 e. The molecule has 1 heterocycles. The molecule has 7 heteroatoms. The summed E-state index contributed by atoms with van der Waals surface area (Å²) < 4.78 is 6.28. The summed E-state index contributed by atoms with van der Waals surface area (Å²) in [6, 6.07) is 14.8. The minimum Gasteiger partial charge on any atom is -0.497 e. The van der Waals surface area contributed by atoms with Gasteiger partial charge < -0.3 is 4.74 Å². The first-order chi connectivity index (χ1) is 12.5. The fourth-order valence-corrected chi connectivity index (χ4v) is 4.75. The highest BCUT2D eigenvalue weighted by molar-refractivity contribution is 7.99. The minimum absolute atomic E-state index is 0.106. The van der Waals surface area contributed by atoms with Crippen LogP contribution in [0.5, 0.6) is 5.75 Å². The summed E-state index contributed by atoms with van der Waals surface area (Å²) in [6.45, 7) is 0. The number of benzene rings is 2. The minimum atomic E-state index is -0.648. The number of nitrogens with zero attached hydrogens (tertiary/aromatic N) is 2. The average molecular weight is 407 g/mol. The molecule has 4 nitrogen and oxygen atoms in total. The van der Waals surface area contributed by atoms with Crippen molar-refractivity contribution in [2.75, 3.05) is 12.9 Å². The molecule has 1 atom stereocenters. The Morgan fingerprint density at radius 2 is 2.04 bits per heavy atom. The van der Waals surface area contributed by atoms with E-state index in [1.165, 1.54) is 11.8 Å². The molecule has 0 aliphatic heterocycles. The number of fused-ring (bicyclic) bond motifs is 1. The van der Waals surface area contributed by atoms with Gasteiger partial charge in [0.15, 0.2) is 5.16 Å². The molecular formula is C19H16Cl2N2O2S. The van der Waals surface area contributed by atoms with Crippen molar-refractivity contribution in [2.24, 2.45) is 5.92 Å². The van der Waals surface area contributed by atoms with Gasteiger partial charge in [0.2, 0.25) is 0 Å². The predicted octanol–water partition coefficient (Wildman–Crippen LogP) is 4.68. The molecule has 0 N–H and O–H groups in total. The van der Waals surface area contributed by atoms with Crippen LogP contribution >= 0.6 is 35.0 Å². The number of para-hydroxylation sites is 1. The smallest absolute Gasteiger partial charge is 0.266 e. The molecular weight excluding hydrogens is 391 g/mol. The Bertz CT molecular complexity index is 1040. The first-order valence-corrected chi connectivity index (χ1v) is 9.90. The number of alkyl halides is 2. The highest BCUT2D eigenvalue weighted by Crippen LogP contribution is 2.54. The first-order valence-electron chi connectivity index (χ1n) is 8.16. The van der Waals surface area contributed by atoms with E-state index in [1.807, 2.05) is 42.5 Å². The molecule has 1 aliphatic carbocycles. The van der Waals surface area contributed by atoms with Crippen LogP contribution in [0.1, 0.15) is 6.42 Å². The van der Waals surface area contributed by atoms with Gasteiger partial charge in [-0.25, -0.2) is 4.98 Å². The van der Waals surface area contributed by atoms with Crippen molar-refractivity contribution in [3.05, 3.63) is 58.9 Å². The normalized spacial score (nSPS) is 18.0. The molecule has 0 unspecified atom stereocenters. The number of hydrogen-bond donors (Lipinski definition) is 0. The van der Waals surface area contributed by atoms with Gasteiger partial charge in [0, 0.05) is 17.7 Å². The molecule has 4 rings (SSSR count). The molecule has 1 aliphatic rings. The summed E-state index contributed by atoms with van der Waals surface area (Å²) in [5.74, 6) is 1.60. The maximum atomic E-state index is 13.2. The van der Waals surface area contributed by atoms with E-state index in [-0.39, 0.29) is 11.5 Å². The van der Waals surface area contributed by atoms with Crippen molar-refractivity contribution in [3.8, 4) is 11.4 Å². The Kier molecular flexibility index (Phi) is 4.63.